The van der Waals surface area contributed by atoms with E-state index in [1.54, 1.807) is 11.8 Å². The van der Waals surface area contributed by atoms with Crippen LogP contribution in [0.5, 0.6) is 0 Å². The van der Waals surface area contributed by atoms with Gasteiger partial charge < -0.3 is 0 Å². The van der Waals surface area contributed by atoms with Gasteiger partial charge in [0.1, 0.15) is 0 Å². The molecule has 20 heavy (non-hydrogen) atoms. The molecule has 0 radical (unpaired) electrons. The van der Waals surface area contributed by atoms with E-state index in [0.717, 1.165) is 10.6 Å². The molecule has 1 aliphatic rings. The maximum absolute atomic E-state index is 4.42. The molecule has 3 rings (SSSR count). The molecule has 1 nitrogen and oxygen atoms in total. The first-order valence-electron chi connectivity index (χ1n) is 6.46. The van der Waals surface area contributed by atoms with Crippen LogP contribution in [0.4, 0.5) is 0 Å². The summed E-state index contributed by atoms with van der Waals surface area (Å²) in [6, 6.07) is 20.3. The van der Waals surface area contributed by atoms with Gasteiger partial charge in [-0.05, 0) is 30.3 Å². The SMILES string of the molecule is C(#CC1C=NC(Sc2ccccc2)=C1)c1ccccc1. The Labute approximate surface area is 123 Å². The monoisotopic (exact) mass is 275 g/mol. The van der Waals surface area contributed by atoms with Crippen LogP contribution >= 0.6 is 11.8 Å². The maximum atomic E-state index is 4.42. The molecule has 0 saturated carbocycles. The highest BCUT2D eigenvalue weighted by Gasteiger charge is 2.09. The number of thioether (sulfide) groups is 1. The number of benzene rings is 2. The second-order valence-corrected chi connectivity index (χ2v) is 5.45. The number of allylic oxidation sites excluding steroid dienone is 1. The predicted molar refractivity (Wildman–Crippen MR) is 85.7 cm³/mol. The van der Waals surface area contributed by atoms with Gasteiger partial charge >= 0.3 is 0 Å². The molecule has 1 aliphatic heterocycles. The first-order chi connectivity index (χ1) is 9.90. The van der Waals surface area contributed by atoms with Gasteiger partial charge in [-0.3, -0.25) is 4.99 Å². The van der Waals surface area contributed by atoms with Crippen LogP contribution in [0.25, 0.3) is 0 Å². The fraction of sp³-hybridized carbons (Fsp3) is 0.0556. The van der Waals surface area contributed by atoms with Crippen molar-refractivity contribution in [3.63, 3.8) is 0 Å². The Bertz CT molecular complexity index is 690. The number of aliphatic imine (C=N–C) groups is 1. The summed E-state index contributed by atoms with van der Waals surface area (Å²) in [5, 5.41) is 1.02. The van der Waals surface area contributed by atoms with Crippen molar-refractivity contribution in [3.05, 3.63) is 77.3 Å². The first kappa shape index (κ1) is 12.8. The van der Waals surface area contributed by atoms with Gasteiger partial charge in [-0.15, -0.1) is 0 Å². The van der Waals surface area contributed by atoms with Gasteiger partial charge in [0.15, 0.2) is 0 Å². The fourth-order valence-corrected chi connectivity index (χ4v) is 2.69. The van der Waals surface area contributed by atoms with Crippen molar-refractivity contribution in [2.45, 2.75) is 4.90 Å². The van der Waals surface area contributed by atoms with Gasteiger partial charge in [-0.25, -0.2) is 0 Å². The highest BCUT2D eigenvalue weighted by Crippen LogP contribution is 2.30. The van der Waals surface area contributed by atoms with Crippen molar-refractivity contribution >= 4 is 18.0 Å². The van der Waals surface area contributed by atoms with Crippen molar-refractivity contribution in [2.75, 3.05) is 0 Å². The van der Waals surface area contributed by atoms with E-state index in [4.69, 9.17) is 0 Å². The number of nitrogens with zero attached hydrogens (tertiary/aromatic N) is 1. The van der Waals surface area contributed by atoms with Gasteiger partial charge in [0, 0.05) is 16.7 Å². The van der Waals surface area contributed by atoms with Crippen LogP contribution in [0, 0.1) is 17.8 Å². The average Bonchev–Trinajstić information content (AvgIpc) is 2.95. The molecule has 0 spiro atoms. The Morgan fingerprint density at radius 1 is 0.900 bits per heavy atom. The van der Waals surface area contributed by atoms with Crippen molar-refractivity contribution in [1.29, 1.82) is 0 Å². The maximum Gasteiger partial charge on any atom is 0.0980 e. The molecule has 0 N–H and O–H groups in total. The van der Waals surface area contributed by atoms with E-state index in [9.17, 15) is 0 Å². The standard InChI is InChI=1S/C18H13NS/c1-3-7-15(8-4-1)11-12-16-13-18(19-14-16)20-17-9-5-2-6-10-17/h1-10,13-14,16H. The number of hydrogen-bond acceptors (Lipinski definition) is 2. The molecular weight excluding hydrogens is 262 g/mol. The quantitative estimate of drug-likeness (QED) is 0.741. The zero-order valence-corrected chi connectivity index (χ0v) is 11.7. The molecule has 1 atom stereocenters. The zero-order valence-electron chi connectivity index (χ0n) is 10.9. The van der Waals surface area contributed by atoms with Gasteiger partial charge in [0.05, 0.1) is 10.9 Å². The highest BCUT2D eigenvalue weighted by molar-refractivity contribution is 8.03. The molecule has 2 aromatic carbocycles. The Balaban J connectivity index is 1.67. The lowest BCUT2D eigenvalue weighted by Crippen LogP contribution is -1.88. The second-order valence-electron chi connectivity index (χ2n) is 4.36. The molecule has 0 saturated heterocycles. The summed E-state index contributed by atoms with van der Waals surface area (Å²) in [6.45, 7) is 0. The minimum absolute atomic E-state index is 0.112. The average molecular weight is 275 g/mol. The molecule has 1 heterocycles. The summed E-state index contributed by atoms with van der Waals surface area (Å²) in [5.74, 6) is 6.51. The van der Waals surface area contributed by atoms with Crippen LogP contribution in [0.1, 0.15) is 5.56 Å². The van der Waals surface area contributed by atoms with Gasteiger partial charge in [-0.1, -0.05) is 60.0 Å². The minimum Gasteiger partial charge on any atom is -0.253 e. The van der Waals surface area contributed by atoms with Crippen LogP contribution in [0.15, 0.2) is 81.7 Å². The van der Waals surface area contributed by atoms with Gasteiger partial charge in [-0.2, -0.15) is 0 Å². The smallest absolute Gasteiger partial charge is 0.0980 e. The third kappa shape index (κ3) is 3.40. The Kier molecular flexibility index (Phi) is 4.01. The normalized spacial score (nSPS) is 16.4. The van der Waals surface area contributed by atoms with Crippen LogP contribution in [0.3, 0.4) is 0 Å². The van der Waals surface area contributed by atoms with E-state index in [1.165, 1.54) is 4.90 Å². The summed E-state index contributed by atoms with van der Waals surface area (Å²) < 4.78 is 0. The van der Waals surface area contributed by atoms with E-state index >= 15 is 0 Å². The lowest BCUT2D eigenvalue weighted by molar-refractivity contribution is 1.26. The molecule has 2 heteroatoms. The summed E-state index contributed by atoms with van der Waals surface area (Å²) in [4.78, 5) is 5.62. The lowest BCUT2D eigenvalue weighted by Gasteiger charge is -1.97. The van der Waals surface area contributed by atoms with Crippen LogP contribution in [0.2, 0.25) is 0 Å². The molecule has 0 amide bonds. The van der Waals surface area contributed by atoms with Crippen molar-refractivity contribution in [3.8, 4) is 11.8 Å². The molecule has 1 unspecified atom stereocenters. The molecular formula is C18H13NS. The summed E-state index contributed by atoms with van der Waals surface area (Å²) in [7, 11) is 0. The predicted octanol–water partition coefficient (Wildman–Crippen LogP) is 4.37. The van der Waals surface area contributed by atoms with Crippen molar-refractivity contribution in [2.24, 2.45) is 10.9 Å². The number of rotatable bonds is 2. The zero-order chi connectivity index (χ0) is 13.6. The Morgan fingerprint density at radius 2 is 1.60 bits per heavy atom. The highest BCUT2D eigenvalue weighted by atomic mass is 32.2. The third-order valence-corrected chi connectivity index (χ3v) is 3.77. The Morgan fingerprint density at radius 3 is 2.35 bits per heavy atom. The van der Waals surface area contributed by atoms with E-state index < -0.39 is 0 Å². The van der Waals surface area contributed by atoms with E-state index in [2.05, 4.69) is 35.0 Å². The largest absolute Gasteiger partial charge is 0.253 e. The minimum atomic E-state index is 0.112. The van der Waals surface area contributed by atoms with Crippen molar-refractivity contribution in [1.82, 2.24) is 0 Å². The number of hydrogen-bond donors (Lipinski definition) is 0. The van der Waals surface area contributed by atoms with E-state index in [0.29, 0.717) is 0 Å². The van der Waals surface area contributed by atoms with Crippen LogP contribution < -0.4 is 0 Å². The van der Waals surface area contributed by atoms with Crippen LogP contribution in [-0.4, -0.2) is 6.21 Å². The van der Waals surface area contributed by atoms with E-state index in [-0.39, 0.29) is 5.92 Å². The lowest BCUT2D eigenvalue weighted by atomic mass is 10.1. The summed E-state index contributed by atoms with van der Waals surface area (Å²) >= 11 is 1.67. The first-order valence-corrected chi connectivity index (χ1v) is 7.27. The molecule has 0 aromatic heterocycles. The molecule has 0 bridgehead atoms. The fourth-order valence-electron chi connectivity index (χ4n) is 1.83. The van der Waals surface area contributed by atoms with Crippen LogP contribution in [-0.2, 0) is 0 Å². The van der Waals surface area contributed by atoms with Gasteiger partial charge in [0.2, 0.25) is 0 Å². The molecule has 0 fully saturated rings. The van der Waals surface area contributed by atoms with Crippen molar-refractivity contribution < 1.29 is 0 Å². The topological polar surface area (TPSA) is 12.4 Å². The van der Waals surface area contributed by atoms with E-state index in [1.807, 2.05) is 54.7 Å². The van der Waals surface area contributed by atoms with Gasteiger partial charge in [0.25, 0.3) is 0 Å². The molecule has 2 aromatic rings. The Hall–Kier alpha value is -2.24. The molecule has 0 aliphatic carbocycles. The second kappa shape index (κ2) is 6.27. The summed E-state index contributed by atoms with van der Waals surface area (Å²) in [6.07, 6.45) is 4.01. The summed E-state index contributed by atoms with van der Waals surface area (Å²) in [5.41, 5.74) is 1.04. The third-order valence-electron chi connectivity index (χ3n) is 2.81. The molecule has 96 valence electrons.